The lowest BCUT2D eigenvalue weighted by Crippen LogP contribution is -2.48. The van der Waals surface area contributed by atoms with Crippen LogP contribution in [0.2, 0.25) is 0 Å². The summed E-state index contributed by atoms with van der Waals surface area (Å²) in [5, 5.41) is 10.7. The molecule has 0 unspecified atom stereocenters. The summed E-state index contributed by atoms with van der Waals surface area (Å²) < 4.78 is 5.51. The Morgan fingerprint density at radius 1 is 1.24 bits per heavy atom. The molecule has 0 aromatic rings. The second kappa shape index (κ2) is 6.37. The van der Waals surface area contributed by atoms with Crippen LogP contribution in [0.25, 0.3) is 0 Å². The van der Waals surface area contributed by atoms with Gasteiger partial charge in [0.2, 0.25) is 0 Å². The van der Waals surface area contributed by atoms with E-state index in [4.69, 9.17) is 4.74 Å². The summed E-state index contributed by atoms with van der Waals surface area (Å²) in [5.41, 5.74) is -0.793. The Morgan fingerprint density at radius 3 is 2.14 bits per heavy atom. The van der Waals surface area contributed by atoms with Crippen molar-refractivity contribution in [1.29, 1.82) is 0 Å². The van der Waals surface area contributed by atoms with Crippen LogP contribution in [0.15, 0.2) is 0 Å². The van der Waals surface area contributed by atoms with Gasteiger partial charge in [0, 0.05) is 11.8 Å². The number of aliphatic hydroxyl groups excluding tert-OH is 1. The van der Waals surface area contributed by atoms with Crippen molar-refractivity contribution in [3.63, 3.8) is 0 Å². The fraction of sp³-hybridized carbons (Fsp3) is 0.938. The molecule has 1 aliphatic rings. The Labute approximate surface area is 133 Å². The molecule has 0 aliphatic carbocycles. The highest BCUT2D eigenvalue weighted by molar-refractivity contribution is 8.00. The number of amides is 1. The molecule has 4 nitrogen and oxygen atoms in total. The van der Waals surface area contributed by atoms with Crippen LogP contribution in [0, 0.1) is 11.3 Å². The Balaban J connectivity index is 2.93. The van der Waals surface area contributed by atoms with E-state index in [9.17, 15) is 9.90 Å². The number of ether oxygens (including phenoxy) is 1. The molecule has 0 aromatic carbocycles. The predicted octanol–water partition coefficient (Wildman–Crippen LogP) is 3.73. The summed E-state index contributed by atoms with van der Waals surface area (Å²) >= 11 is 1.69. The SMILES string of the molecule is CC(C)[C@@H]1CN(C(=O)OC(C)(C)C)[C@H]([C@H](O)C(C)(C)C)S1. The van der Waals surface area contributed by atoms with Crippen LogP contribution in [0.1, 0.15) is 55.4 Å². The molecule has 0 spiro atoms. The molecule has 3 atom stereocenters. The number of thioether (sulfide) groups is 1. The average molecular weight is 317 g/mol. The monoisotopic (exact) mass is 317 g/mol. The zero-order chi connectivity index (χ0) is 16.6. The molecule has 1 aliphatic heterocycles. The standard InChI is InChI=1S/C16H31NO3S/c1-10(2)11-9-17(14(19)20-16(6,7)8)13(21-11)12(18)15(3,4)5/h10-13,18H,9H2,1-8H3/t11-,12-,13-/m0/s1. The summed E-state index contributed by atoms with van der Waals surface area (Å²) in [4.78, 5) is 14.2. The largest absolute Gasteiger partial charge is 0.444 e. The third kappa shape index (κ3) is 5.06. The van der Waals surface area contributed by atoms with Gasteiger partial charge in [0.25, 0.3) is 0 Å². The molecule has 124 valence electrons. The van der Waals surface area contributed by atoms with Crippen LogP contribution in [0.3, 0.4) is 0 Å². The van der Waals surface area contributed by atoms with Crippen molar-refractivity contribution in [2.24, 2.45) is 11.3 Å². The highest BCUT2D eigenvalue weighted by Crippen LogP contribution is 2.41. The zero-order valence-electron chi connectivity index (χ0n) is 14.6. The first kappa shape index (κ1) is 18.6. The van der Waals surface area contributed by atoms with Crippen LogP contribution in [0.5, 0.6) is 0 Å². The zero-order valence-corrected chi connectivity index (χ0v) is 15.5. The van der Waals surface area contributed by atoms with E-state index in [-0.39, 0.29) is 16.9 Å². The molecule has 1 rings (SSSR count). The van der Waals surface area contributed by atoms with Crippen LogP contribution >= 0.6 is 11.8 Å². The fourth-order valence-corrected chi connectivity index (χ4v) is 3.93. The molecule has 1 amide bonds. The smallest absolute Gasteiger partial charge is 0.411 e. The summed E-state index contributed by atoms with van der Waals surface area (Å²) in [7, 11) is 0. The number of carbonyl (C=O) groups is 1. The van der Waals surface area contributed by atoms with E-state index in [0.717, 1.165) is 0 Å². The minimum atomic E-state index is -0.584. The van der Waals surface area contributed by atoms with E-state index in [2.05, 4.69) is 13.8 Å². The van der Waals surface area contributed by atoms with Gasteiger partial charge >= 0.3 is 6.09 Å². The molecular formula is C16H31NO3S. The predicted molar refractivity (Wildman–Crippen MR) is 88.4 cm³/mol. The first-order valence-electron chi connectivity index (χ1n) is 7.66. The van der Waals surface area contributed by atoms with Crippen molar-refractivity contribution in [3.8, 4) is 0 Å². The lowest BCUT2D eigenvalue weighted by Gasteiger charge is -2.35. The Morgan fingerprint density at radius 2 is 1.76 bits per heavy atom. The molecule has 0 bridgehead atoms. The maximum Gasteiger partial charge on any atom is 0.411 e. The Bertz CT molecular complexity index is 371. The van der Waals surface area contributed by atoms with E-state index >= 15 is 0 Å². The number of carbonyl (C=O) groups excluding carboxylic acids is 1. The van der Waals surface area contributed by atoms with Crippen molar-refractivity contribution in [2.45, 2.75) is 77.7 Å². The number of hydrogen-bond acceptors (Lipinski definition) is 4. The summed E-state index contributed by atoms with van der Waals surface area (Å²) in [5.74, 6) is 0.456. The van der Waals surface area contributed by atoms with E-state index in [1.807, 2.05) is 41.5 Å². The first-order valence-corrected chi connectivity index (χ1v) is 8.60. The Kier molecular flexibility index (Phi) is 5.65. The summed E-state index contributed by atoms with van der Waals surface area (Å²) in [6.45, 7) is 16.5. The maximum atomic E-state index is 12.5. The highest BCUT2D eigenvalue weighted by Gasteiger charge is 2.45. The van der Waals surface area contributed by atoms with Gasteiger partial charge in [-0.05, 0) is 32.1 Å². The van der Waals surface area contributed by atoms with E-state index in [1.54, 1.807) is 16.7 Å². The molecule has 21 heavy (non-hydrogen) atoms. The third-order valence-electron chi connectivity index (χ3n) is 3.53. The van der Waals surface area contributed by atoms with Crippen LogP contribution in [0.4, 0.5) is 4.79 Å². The van der Waals surface area contributed by atoms with Crippen molar-refractivity contribution >= 4 is 17.9 Å². The number of aliphatic hydroxyl groups is 1. The number of rotatable bonds is 2. The van der Waals surface area contributed by atoms with Gasteiger partial charge in [-0.15, -0.1) is 11.8 Å². The van der Waals surface area contributed by atoms with Gasteiger partial charge < -0.3 is 9.84 Å². The van der Waals surface area contributed by atoms with Crippen LogP contribution in [-0.2, 0) is 4.74 Å². The van der Waals surface area contributed by atoms with Gasteiger partial charge in [-0.2, -0.15) is 0 Å². The molecule has 1 N–H and O–H groups in total. The van der Waals surface area contributed by atoms with Gasteiger partial charge in [-0.3, -0.25) is 4.90 Å². The molecular weight excluding hydrogens is 286 g/mol. The third-order valence-corrected chi connectivity index (χ3v) is 5.36. The van der Waals surface area contributed by atoms with E-state index < -0.39 is 11.7 Å². The average Bonchev–Trinajstić information content (AvgIpc) is 2.68. The van der Waals surface area contributed by atoms with E-state index in [0.29, 0.717) is 17.7 Å². The van der Waals surface area contributed by atoms with Gasteiger partial charge in [-0.25, -0.2) is 4.79 Å². The normalized spacial score (nSPS) is 25.3. The van der Waals surface area contributed by atoms with Gasteiger partial charge in [-0.1, -0.05) is 34.6 Å². The summed E-state index contributed by atoms with van der Waals surface area (Å²) in [6.07, 6.45) is -0.912. The van der Waals surface area contributed by atoms with Gasteiger partial charge in [0.05, 0.1) is 6.10 Å². The van der Waals surface area contributed by atoms with Crippen LogP contribution in [-0.4, -0.2) is 45.0 Å². The number of hydrogen-bond donors (Lipinski definition) is 1. The van der Waals surface area contributed by atoms with Crippen molar-refractivity contribution in [3.05, 3.63) is 0 Å². The molecule has 1 saturated heterocycles. The minimum absolute atomic E-state index is 0.243. The lowest BCUT2D eigenvalue weighted by atomic mass is 9.88. The summed E-state index contributed by atoms with van der Waals surface area (Å²) in [6, 6.07) is 0. The van der Waals surface area contributed by atoms with Crippen molar-refractivity contribution < 1.29 is 14.6 Å². The first-order chi connectivity index (χ1) is 9.33. The van der Waals surface area contributed by atoms with Gasteiger partial charge in [0.15, 0.2) is 0 Å². The molecule has 0 aromatic heterocycles. The topological polar surface area (TPSA) is 49.8 Å². The highest BCUT2D eigenvalue weighted by atomic mass is 32.2. The van der Waals surface area contributed by atoms with Gasteiger partial charge in [0.1, 0.15) is 11.0 Å². The van der Waals surface area contributed by atoms with Crippen LogP contribution < -0.4 is 0 Å². The number of nitrogens with zero attached hydrogens (tertiary/aromatic N) is 1. The molecule has 1 fully saturated rings. The molecule has 5 heteroatoms. The molecule has 0 radical (unpaired) electrons. The molecule has 1 heterocycles. The second-order valence-corrected chi connectivity index (χ2v) is 9.61. The quantitative estimate of drug-likeness (QED) is 0.843. The lowest BCUT2D eigenvalue weighted by molar-refractivity contribution is -0.00860. The van der Waals surface area contributed by atoms with E-state index in [1.165, 1.54) is 0 Å². The molecule has 0 saturated carbocycles. The fourth-order valence-electron chi connectivity index (χ4n) is 2.13. The Hall–Kier alpha value is -0.420. The maximum absolute atomic E-state index is 12.5. The minimum Gasteiger partial charge on any atom is -0.444 e. The second-order valence-electron chi connectivity index (χ2n) is 8.25. The van der Waals surface area contributed by atoms with Crippen molar-refractivity contribution in [2.75, 3.05) is 6.54 Å². The van der Waals surface area contributed by atoms with Crippen molar-refractivity contribution in [1.82, 2.24) is 4.90 Å².